The second-order valence-electron chi connectivity index (χ2n) is 2.83. The second kappa shape index (κ2) is 4.96. The summed E-state index contributed by atoms with van der Waals surface area (Å²) in [7, 11) is 1.61. The van der Waals surface area contributed by atoms with Crippen LogP contribution in [-0.2, 0) is 0 Å². The first kappa shape index (κ1) is 11.0. The average molecular weight is 254 g/mol. The van der Waals surface area contributed by atoms with Crippen LogP contribution in [0.3, 0.4) is 0 Å². The molecule has 1 heterocycles. The van der Waals surface area contributed by atoms with Crippen LogP contribution in [-0.4, -0.2) is 12.1 Å². The molecule has 1 rings (SSSR count). The van der Waals surface area contributed by atoms with E-state index in [0.29, 0.717) is 5.88 Å². The summed E-state index contributed by atoms with van der Waals surface area (Å²) >= 11 is 3.29. The zero-order valence-corrected chi connectivity index (χ0v) is 9.84. The van der Waals surface area contributed by atoms with E-state index < -0.39 is 0 Å². The number of rotatable bonds is 3. The molecule has 0 saturated carbocycles. The van der Waals surface area contributed by atoms with Crippen LogP contribution in [0.2, 0.25) is 0 Å². The van der Waals surface area contributed by atoms with Crippen molar-refractivity contribution in [2.45, 2.75) is 6.92 Å². The summed E-state index contributed by atoms with van der Waals surface area (Å²) in [4.78, 5) is 4.12. The Kier molecular flexibility index (Phi) is 3.89. The van der Waals surface area contributed by atoms with Crippen LogP contribution in [0, 0.1) is 0 Å². The fourth-order valence-electron chi connectivity index (χ4n) is 1.17. The van der Waals surface area contributed by atoms with Gasteiger partial charge < -0.3 is 4.74 Å². The minimum absolute atomic E-state index is 0.634. The summed E-state index contributed by atoms with van der Waals surface area (Å²) in [6.45, 7) is 5.75. The lowest BCUT2D eigenvalue weighted by Crippen LogP contribution is -1.92. The van der Waals surface area contributed by atoms with Crippen molar-refractivity contribution in [1.29, 1.82) is 0 Å². The third kappa shape index (κ3) is 2.70. The molecular weight excluding hydrogens is 242 g/mol. The first-order valence-electron chi connectivity index (χ1n) is 4.17. The van der Waals surface area contributed by atoms with Gasteiger partial charge in [0.2, 0.25) is 5.88 Å². The summed E-state index contributed by atoms with van der Waals surface area (Å²) in [5.41, 5.74) is 2.05. The van der Waals surface area contributed by atoms with Gasteiger partial charge in [-0.1, -0.05) is 22.5 Å². The minimum Gasteiger partial charge on any atom is -0.481 e. The van der Waals surface area contributed by atoms with Crippen LogP contribution < -0.4 is 4.74 Å². The highest BCUT2D eigenvalue weighted by Crippen LogP contribution is 2.24. The Morgan fingerprint density at radius 3 is 2.93 bits per heavy atom. The molecule has 0 bridgehead atoms. The van der Waals surface area contributed by atoms with Crippen molar-refractivity contribution in [3.8, 4) is 5.88 Å². The predicted octanol–water partition coefficient (Wildman–Crippen LogP) is 3.40. The van der Waals surface area contributed by atoms with Gasteiger partial charge in [0.15, 0.2) is 0 Å². The molecule has 0 aliphatic rings. The average Bonchev–Trinajstić information content (AvgIpc) is 2.16. The van der Waals surface area contributed by atoms with Gasteiger partial charge in [0.1, 0.15) is 0 Å². The maximum Gasteiger partial charge on any atom is 0.220 e. The molecular formula is C11H12BrNO. The van der Waals surface area contributed by atoms with E-state index in [0.717, 1.165) is 15.6 Å². The van der Waals surface area contributed by atoms with Gasteiger partial charge >= 0.3 is 0 Å². The van der Waals surface area contributed by atoms with Crippen molar-refractivity contribution in [2.75, 3.05) is 7.11 Å². The monoisotopic (exact) mass is 253 g/mol. The first-order valence-corrected chi connectivity index (χ1v) is 4.96. The van der Waals surface area contributed by atoms with Gasteiger partial charge in [0.25, 0.3) is 0 Å². The number of allylic oxidation sites excluding steroid dienone is 3. The Balaban J connectivity index is 3.11. The van der Waals surface area contributed by atoms with Crippen LogP contribution in [0.15, 0.2) is 35.5 Å². The van der Waals surface area contributed by atoms with Crippen LogP contribution in [0.4, 0.5) is 0 Å². The number of hydrogen-bond donors (Lipinski definition) is 0. The van der Waals surface area contributed by atoms with E-state index in [1.807, 2.05) is 25.1 Å². The van der Waals surface area contributed by atoms with Crippen LogP contribution in [0.1, 0.15) is 12.5 Å². The smallest absolute Gasteiger partial charge is 0.220 e. The Hall–Kier alpha value is -1.09. The quantitative estimate of drug-likeness (QED) is 0.771. The third-order valence-corrected chi connectivity index (χ3v) is 1.99. The molecule has 0 unspecified atom stereocenters. The van der Waals surface area contributed by atoms with E-state index in [4.69, 9.17) is 4.74 Å². The molecule has 0 aliphatic carbocycles. The Morgan fingerprint density at radius 1 is 1.64 bits per heavy atom. The maximum atomic E-state index is 5.15. The molecule has 0 amide bonds. The van der Waals surface area contributed by atoms with Gasteiger partial charge in [0.05, 0.1) is 7.11 Å². The summed E-state index contributed by atoms with van der Waals surface area (Å²) in [6, 6.07) is 3.85. The van der Waals surface area contributed by atoms with Crippen molar-refractivity contribution in [1.82, 2.24) is 4.98 Å². The molecule has 0 fully saturated rings. The summed E-state index contributed by atoms with van der Waals surface area (Å²) < 4.78 is 5.99. The topological polar surface area (TPSA) is 22.1 Å². The lowest BCUT2D eigenvalue weighted by atomic mass is 10.1. The maximum absolute atomic E-state index is 5.15. The largest absolute Gasteiger partial charge is 0.481 e. The van der Waals surface area contributed by atoms with E-state index in [1.54, 1.807) is 13.3 Å². The highest BCUT2D eigenvalue weighted by molar-refractivity contribution is 9.11. The zero-order valence-electron chi connectivity index (χ0n) is 8.25. The lowest BCUT2D eigenvalue weighted by Gasteiger charge is -2.06. The fraction of sp³-hybridized carbons (Fsp3) is 0.182. The highest BCUT2D eigenvalue weighted by atomic mass is 79.9. The van der Waals surface area contributed by atoms with E-state index in [2.05, 4.69) is 27.5 Å². The molecule has 2 nitrogen and oxygen atoms in total. The summed E-state index contributed by atoms with van der Waals surface area (Å²) in [6.07, 6.45) is 3.64. The Labute approximate surface area is 92.4 Å². The number of nitrogens with zero attached hydrogens (tertiary/aromatic N) is 1. The zero-order chi connectivity index (χ0) is 10.6. The standard InChI is InChI=1S/C11H12BrNO/c1-8(7-9(2)12)10-5-4-6-13-11(10)14-3/h4-7H,2H2,1,3H3/b8-7+. The normalized spacial score (nSPS) is 11.2. The molecule has 0 spiro atoms. The molecule has 3 heteroatoms. The Bertz CT molecular complexity index is 371. The number of aromatic nitrogens is 1. The fourth-order valence-corrected chi connectivity index (χ4v) is 1.51. The SMILES string of the molecule is C=C(Br)/C=C(\C)c1cccnc1OC. The van der Waals surface area contributed by atoms with Crippen LogP contribution >= 0.6 is 15.9 Å². The molecule has 0 radical (unpaired) electrons. The van der Waals surface area contributed by atoms with Gasteiger partial charge in [-0.25, -0.2) is 4.98 Å². The number of pyridine rings is 1. The van der Waals surface area contributed by atoms with Gasteiger partial charge in [-0.15, -0.1) is 0 Å². The minimum atomic E-state index is 0.634. The third-order valence-electron chi connectivity index (χ3n) is 1.76. The van der Waals surface area contributed by atoms with E-state index in [9.17, 15) is 0 Å². The number of halogens is 1. The van der Waals surface area contributed by atoms with Crippen molar-refractivity contribution in [2.24, 2.45) is 0 Å². The van der Waals surface area contributed by atoms with Crippen molar-refractivity contribution < 1.29 is 4.74 Å². The summed E-state index contributed by atoms with van der Waals surface area (Å²) in [5.74, 6) is 0.634. The number of ether oxygens (including phenoxy) is 1. The summed E-state index contributed by atoms with van der Waals surface area (Å²) in [5, 5.41) is 0. The molecule has 0 saturated heterocycles. The molecule has 74 valence electrons. The first-order chi connectivity index (χ1) is 6.65. The highest BCUT2D eigenvalue weighted by Gasteiger charge is 2.04. The van der Waals surface area contributed by atoms with Gasteiger partial charge in [0, 0.05) is 16.2 Å². The van der Waals surface area contributed by atoms with E-state index >= 15 is 0 Å². The van der Waals surface area contributed by atoms with Crippen molar-refractivity contribution in [3.63, 3.8) is 0 Å². The van der Waals surface area contributed by atoms with Gasteiger partial charge in [-0.2, -0.15) is 0 Å². The van der Waals surface area contributed by atoms with Gasteiger partial charge in [-0.3, -0.25) is 0 Å². The lowest BCUT2D eigenvalue weighted by molar-refractivity contribution is 0.396. The van der Waals surface area contributed by atoms with Crippen molar-refractivity contribution >= 4 is 21.5 Å². The van der Waals surface area contributed by atoms with Gasteiger partial charge in [-0.05, 0) is 30.7 Å². The Morgan fingerprint density at radius 2 is 2.36 bits per heavy atom. The molecule has 0 aliphatic heterocycles. The molecule has 14 heavy (non-hydrogen) atoms. The van der Waals surface area contributed by atoms with Crippen molar-refractivity contribution in [3.05, 3.63) is 41.0 Å². The van der Waals surface area contributed by atoms with E-state index in [-0.39, 0.29) is 0 Å². The molecule has 0 N–H and O–H groups in total. The molecule has 1 aromatic rings. The molecule has 0 aromatic carbocycles. The van der Waals surface area contributed by atoms with Crippen LogP contribution in [0.25, 0.3) is 5.57 Å². The number of methoxy groups -OCH3 is 1. The predicted molar refractivity (Wildman–Crippen MR) is 62.5 cm³/mol. The second-order valence-corrected chi connectivity index (χ2v) is 3.85. The van der Waals surface area contributed by atoms with Crippen LogP contribution in [0.5, 0.6) is 5.88 Å². The molecule has 1 aromatic heterocycles. The molecule has 0 atom stereocenters. The van der Waals surface area contributed by atoms with E-state index in [1.165, 1.54) is 0 Å². The number of hydrogen-bond acceptors (Lipinski definition) is 2.